The molecule has 1 N–H and O–H groups in total. The van der Waals surface area contributed by atoms with Crippen molar-refractivity contribution in [3.8, 4) is 0 Å². The molecule has 0 fully saturated rings. The Morgan fingerprint density at radius 2 is 2.22 bits per heavy atom. The molecule has 1 aromatic rings. The average molecular weight is 290 g/mol. The molecule has 18 heavy (non-hydrogen) atoms. The maximum absolute atomic E-state index is 11.7. The van der Waals surface area contributed by atoms with E-state index in [2.05, 4.69) is 9.69 Å². The predicted octanol–water partition coefficient (Wildman–Crippen LogP) is 1.81. The lowest BCUT2D eigenvalue weighted by molar-refractivity contribution is 0.0527. The standard InChI is InChI=1S/C11H18N2O3S2/c1-4-16-11(14)9-8(3)13-17-10(9)12-6-7-18(15)5-2/h12H,4-7H2,1-3H3. The Labute approximate surface area is 114 Å². The Kier molecular flexibility index (Phi) is 6.28. The van der Waals surface area contributed by atoms with Crippen LogP contribution in [0, 0.1) is 6.92 Å². The van der Waals surface area contributed by atoms with E-state index >= 15 is 0 Å². The minimum atomic E-state index is -0.809. The minimum Gasteiger partial charge on any atom is -0.462 e. The van der Waals surface area contributed by atoms with E-state index in [9.17, 15) is 9.00 Å². The molecule has 0 amide bonds. The molecule has 1 aromatic heterocycles. The lowest BCUT2D eigenvalue weighted by atomic mass is 10.2. The number of ether oxygens (including phenoxy) is 1. The van der Waals surface area contributed by atoms with Crippen LogP contribution < -0.4 is 5.32 Å². The van der Waals surface area contributed by atoms with Crippen molar-refractivity contribution < 1.29 is 13.7 Å². The SMILES string of the molecule is CCOC(=O)c1c(C)nsc1NCCS(=O)CC. The fourth-order valence-electron chi connectivity index (χ4n) is 1.36. The van der Waals surface area contributed by atoms with Crippen LogP contribution in [-0.4, -0.2) is 39.2 Å². The quantitative estimate of drug-likeness (QED) is 0.776. The fourth-order valence-corrected chi connectivity index (χ4v) is 2.78. The number of nitrogens with zero attached hydrogens (tertiary/aromatic N) is 1. The maximum Gasteiger partial charge on any atom is 0.343 e. The predicted molar refractivity (Wildman–Crippen MR) is 74.8 cm³/mol. The van der Waals surface area contributed by atoms with Crippen LogP contribution in [0.25, 0.3) is 0 Å². The molecule has 0 radical (unpaired) electrons. The molecule has 0 aliphatic heterocycles. The first kappa shape index (κ1) is 15.1. The molecule has 0 aliphatic carbocycles. The Morgan fingerprint density at radius 3 is 2.83 bits per heavy atom. The van der Waals surface area contributed by atoms with Gasteiger partial charge in [-0.1, -0.05) is 6.92 Å². The molecule has 0 aliphatic rings. The van der Waals surface area contributed by atoms with E-state index in [4.69, 9.17) is 4.74 Å². The normalized spacial score (nSPS) is 12.2. The summed E-state index contributed by atoms with van der Waals surface area (Å²) >= 11 is 1.23. The largest absolute Gasteiger partial charge is 0.462 e. The van der Waals surface area contributed by atoms with E-state index in [1.54, 1.807) is 13.8 Å². The maximum atomic E-state index is 11.7. The lowest BCUT2D eigenvalue weighted by Gasteiger charge is -2.06. The van der Waals surface area contributed by atoms with Gasteiger partial charge >= 0.3 is 5.97 Å². The number of esters is 1. The molecule has 0 saturated carbocycles. The van der Waals surface area contributed by atoms with Crippen molar-refractivity contribution >= 4 is 33.3 Å². The number of aryl methyl sites for hydroxylation is 1. The molecule has 1 atom stereocenters. The van der Waals surface area contributed by atoms with E-state index in [1.165, 1.54) is 11.5 Å². The zero-order valence-corrected chi connectivity index (χ0v) is 12.4. The summed E-state index contributed by atoms with van der Waals surface area (Å²) in [6.45, 7) is 6.33. The molecule has 0 bridgehead atoms. The zero-order valence-electron chi connectivity index (χ0n) is 10.8. The van der Waals surface area contributed by atoms with Crippen molar-refractivity contribution in [1.29, 1.82) is 0 Å². The van der Waals surface area contributed by atoms with Crippen LogP contribution in [0.3, 0.4) is 0 Å². The highest BCUT2D eigenvalue weighted by Crippen LogP contribution is 2.25. The summed E-state index contributed by atoms with van der Waals surface area (Å²) in [5.41, 5.74) is 1.15. The summed E-state index contributed by atoms with van der Waals surface area (Å²) in [6, 6.07) is 0. The topological polar surface area (TPSA) is 68.3 Å². The van der Waals surface area contributed by atoms with Gasteiger partial charge in [0.2, 0.25) is 0 Å². The second-order valence-corrected chi connectivity index (χ2v) is 6.19. The second kappa shape index (κ2) is 7.48. The molecule has 1 rings (SSSR count). The van der Waals surface area contributed by atoms with Crippen molar-refractivity contribution in [2.45, 2.75) is 20.8 Å². The molecular formula is C11H18N2O3S2. The Morgan fingerprint density at radius 1 is 1.50 bits per heavy atom. The van der Waals surface area contributed by atoms with Crippen LogP contribution in [0.2, 0.25) is 0 Å². The summed E-state index contributed by atoms with van der Waals surface area (Å²) in [4.78, 5) is 11.7. The van der Waals surface area contributed by atoms with Gasteiger partial charge in [0.15, 0.2) is 0 Å². The first-order chi connectivity index (χ1) is 8.60. The van der Waals surface area contributed by atoms with Crippen molar-refractivity contribution in [2.75, 3.05) is 30.0 Å². The van der Waals surface area contributed by atoms with Gasteiger partial charge in [0.25, 0.3) is 0 Å². The zero-order chi connectivity index (χ0) is 13.5. The van der Waals surface area contributed by atoms with Crippen LogP contribution in [-0.2, 0) is 15.5 Å². The van der Waals surface area contributed by atoms with Gasteiger partial charge in [0.1, 0.15) is 10.6 Å². The summed E-state index contributed by atoms with van der Waals surface area (Å²) in [6.07, 6.45) is 0. The van der Waals surface area contributed by atoms with Crippen molar-refractivity contribution in [2.24, 2.45) is 0 Å². The van der Waals surface area contributed by atoms with E-state index in [-0.39, 0.29) is 5.97 Å². The van der Waals surface area contributed by atoms with Crippen LogP contribution in [0.5, 0.6) is 0 Å². The second-order valence-electron chi connectivity index (χ2n) is 3.55. The number of hydrogen-bond donors (Lipinski definition) is 1. The molecule has 1 heterocycles. The third kappa shape index (κ3) is 4.06. The van der Waals surface area contributed by atoms with E-state index in [1.807, 2.05) is 6.92 Å². The number of carbonyl (C=O) groups excluding carboxylic acids is 1. The van der Waals surface area contributed by atoms with Gasteiger partial charge < -0.3 is 10.1 Å². The Balaban J connectivity index is 2.66. The van der Waals surface area contributed by atoms with Crippen LogP contribution in [0.4, 0.5) is 5.00 Å². The molecule has 0 saturated heterocycles. The third-order valence-electron chi connectivity index (χ3n) is 2.28. The van der Waals surface area contributed by atoms with Crippen LogP contribution in [0.1, 0.15) is 29.9 Å². The van der Waals surface area contributed by atoms with Gasteiger partial charge in [-0.15, -0.1) is 0 Å². The number of anilines is 1. The van der Waals surface area contributed by atoms with E-state index in [0.717, 1.165) is 0 Å². The van der Waals surface area contributed by atoms with Crippen LogP contribution in [0.15, 0.2) is 0 Å². The van der Waals surface area contributed by atoms with Gasteiger partial charge in [-0.05, 0) is 25.4 Å². The minimum absolute atomic E-state index is 0.341. The van der Waals surface area contributed by atoms with Gasteiger partial charge in [0.05, 0.1) is 12.3 Å². The highest BCUT2D eigenvalue weighted by atomic mass is 32.2. The van der Waals surface area contributed by atoms with Gasteiger partial charge in [-0.3, -0.25) is 4.21 Å². The molecular weight excluding hydrogens is 272 g/mol. The smallest absolute Gasteiger partial charge is 0.343 e. The molecule has 0 spiro atoms. The summed E-state index contributed by atoms with van der Waals surface area (Å²) < 4.78 is 20.4. The number of aromatic nitrogens is 1. The summed E-state index contributed by atoms with van der Waals surface area (Å²) in [5, 5.41) is 3.79. The lowest BCUT2D eigenvalue weighted by Crippen LogP contribution is -2.14. The summed E-state index contributed by atoms with van der Waals surface area (Å²) in [7, 11) is -0.809. The number of hydrogen-bond acceptors (Lipinski definition) is 6. The van der Waals surface area contributed by atoms with E-state index in [0.29, 0.717) is 40.9 Å². The molecule has 0 aromatic carbocycles. The highest BCUT2D eigenvalue weighted by molar-refractivity contribution is 7.84. The van der Waals surface area contributed by atoms with Crippen molar-refractivity contribution in [3.05, 3.63) is 11.3 Å². The monoisotopic (exact) mass is 290 g/mol. The van der Waals surface area contributed by atoms with Crippen molar-refractivity contribution in [3.63, 3.8) is 0 Å². The molecule has 5 nitrogen and oxygen atoms in total. The highest BCUT2D eigenvalue weighted by Gasteiger charge is 2.19. The van der Waals surface area contributed by atoms with E-state index < -0.39 is 10.8 Å². The molecule has 7 heteroatoms. The van der Waals surface area contributed by atoms with Gasteiger partial charge in [-0.25, -0.2) is 4.79 Å². The Hall–Kier alpha value is -0.950. The molecule has 102 valence electrons. The van der Waals surface area contributed by atoms with Gasteiger partial charge in [-0.2, -0.15) is 4.37 Å². The van der Waals surface area contributed by atoms with Crippen LogP contribution >= 0.6 is 11.5 Å². The summed E-state index contributed by atoms with van der Waals surface area (Å²) in [5.74, 6) is 0.854. The fraction of sp³-hybridized carbons (Fsp3) is 0.636. The van der Waals surface area contributed by atoms with Crippen molar-refractivity contribution in [1.82, 2.24) is 4.37 Å². The number of nitrogens with one attached hydrogen (secondary N) is 1. The number of rotatable bonds is 7. The average Bonchev–Trinajstić information content (AvgIpc) is 2.70. The Bertz CT molecular complexity index is 432. The first-order valence-electron chi connectivity index (χ1n) is 5.82. The van der Waals surface area contributed by atoms with Gasteiger partial charge in [0, 0.05) is 28.9 Å². The molecule has 1 unspecified atom stereocenters. The first-order valence-corrected chi connectivity index (χ1v) is 8.08. The number of carbonyl (C=O) groups is 1. The third-order valence-corrected chi connectivity index (χ3v) is 4.48.